The van der Waals surface area contributed by atoms with E-state index in [0.29, 0.717) is 22.3 Å². The number of ether oxygens (including phenoxy) is 1. The molecule has 0 aliphatic carbocycles. The average Bonchev–Trinajstić information content (AvgIpc) is 2.96. The summed E-state index contributed by atoms with van der Waals surface area (Å²) in [5.41, 5.74) is 1.75. The summed E-state index contributed by atoms with van der Waals surface area (Å²) < 4.78 is 6.07. The average molecular weight is 448 g/mol. The van der Waals surface area contributed by atoms with Crippen LogP contribution in [0.4, 0.5) is 0 Å². The molecule has 1 fully saturated rings. The maximum absolute atomic E-state index is 12.7. The molecule has 150 valence electrons. The molecule has 0 spiro atoms. The molecule has 0 saturated carbocycles. The van der Waals surface area contributed by atoms with Crippen LogP contribution in [-0.4, -0.2) is 32.2 Å². The Kier molecular flexibility index (Phi) is 6.95. The lowest BCUT2D eigenvalue weighted by Crippen LogP contribution is -2.43. The van der Waals surface area contributed by atoms with Crippen LogP contribution in [0.15, 0.2) is 53.4 Å². The Hall–Kier alpha value is -2.35. The second-order valence-electron chi connectivity index (χ2n) is 6.30. The summed E-state index contributed by atoms with van der Waals surface area (Å²) in [6.07, 6.45) is 1.98. The molecule has 5 nitrogen and oxygen atoms in total. The maximum atomic E-state index is 12.7. The van der Waals surface area contributed by atoms with E-state index in [1.54, 1.807) is 25.1 Å². The fourth-order valence-electron chi connectivity index (χ4n) is 2.81. The van der Waals surface area contributed by atoms with Crippen molar-refractivity contribution in [3.63, 3.8) is 0 Å². The number of carbonyl (C=O) groups is 2. The normalized spacial score (nSPS) is 16.3. The van der Waals surface area contributed by atoms with Gasteiger partial charge in [-0.1, -0.05) is 66.8 Å². The van der Waals surface area contributed by atoms with E-state index in [1.807, 2.05) is 36.4 Å². The van der Waals surface area contributed by atoms with Gasteiger partial charge in [-0.15, -0.1) is 0 Å². The molecule has 2 aromatic carbocycles. The minimum atomic E-state index is -1.07. The van der Waals surface area contributed by atoms with Crippen LogP contribution < -0.4 is 4.74 Å². The number of hydrogen-bond acceptors (Lipinski definition) is 5. The Balaban J connectivity index is 1.74. The van der Waals surface area contributed by atoms with Crippen molar-refractivity contribution in [3.05, 3.63) is 69.6 Å². The van der Waals surface area contributed by atoms with E-state index in [4.69, 9.17) is 28.6 Å². The smallest absolute Gasteiger partial charge is 0.326 e. The summed E-state index contributed by atoms with van der Waals surface area (Å²) in [7, 11) is 0. The van der Waals surface area contributed by atoms with Gasteiger partial charge >= 0.3 is 5.97 Å². The van der Waals surface area contributed by atoms with E-state index in [9.17, 15) is 14.7 Å². The molecular formula is C21H18ClNO4S2. The first kappa shape index (κ1) is 21.4. The van der Waals surface area contributed by atoms with Crippen LogP contribution in [0.5, 0.6) is 5.75 Å². The summed E-state index contributed by atoms with van der Waals surface area (Å²) in [4.78, 5) is 25.7. The second-order valence-corrected chi connectivity index (χ2v) is 8.41. The third-order valence-corrected chi connectivity index (χ3v) is 5.86. The van der Waals surface area contributed by atoms with Crippen LogP contribution in [-0.2, 0) is 16.2 Å². The largest absolute Gasteiger partial charge is 0.489 e. The lowest BCUT2D eigenvalue weighted by Gasteiger charge is -2.21. The lowest BCUT2D eigenvalue weighted by molar-refractivity contribution is -0.145. The second kappa shape index (κ2) is 9.43. The number of nitrogens with zero attached hydrogens (tertiary/aromatic N) is 1. The molecule has 1 saturated heterocycles. The van der Waals surface area contributed by atoms with Gasteiger partial charge < -0.3 is 9.84 Å². The molecule has 1 N–H and O–H groups in total. The van der Waals surface area contributed by atoms with Crippen LogP contribution >= 0.6 is 35.6 Å². The number of carboxylic acids is 1. The van der Waals surface area contributed by atoms with Crippen LogP contribution in [0, 0.1) is 0 Å². The quantitative estimate of drug-likeness (QED) is 0.476. The lowest BCUT2D eigenvalue weighted by atomic mass is 10.1. The van der Waals surface area contributed by atoms with Gasteiger partial charge in [-0.3, -0.25) is 9.69 Å². The van der Waals surface area contributed by atoms with Crippen molar-refractivity contribution in [3.8, 4) is 5.75 Å². The molecule has 1 aliphatic heterocycles. The highest BCUT2D eigenvalue weighted by molar-refractivity contribution is 8.26. The molecule has 0 radical (unpaired) electrons. The molecule has 2 aromatic rings. The number of aliphatic carboxylic acids is 1. The molecular weight excluding hydrogens is 430 g/mol. The highest BCUT2D eigenvalue weighted by Crippen LogP contribution is 2.35. The molecule has 0 unspecified atom stereocenters. The minimum absolute atomic E-state index is 0.255. The number of rotatable bonds is 7. The van der Waals surface area contributed by atoms with Gasteiger partial charge in [0.15, 0.2) is 0 Å². The van der Waals surface area contributed by atoms with Crippen molar-refractivity contribution in [2.45, 2.75) is 26.0 Å². The number of amides is 1. The number of thioether (sulfide) groups is 1. The van der Waals surface area contributed by atoms with Crippen LogP contribution in [0.3, 0.4) is 0 Å². The number of benzene rings is 2. The summed E-state index contributed by atoms with van der Waals surface area (Å²) in [6, 6.07) is 13.8. The van der Waals surface area contributed by atoms with E-state index < -0.39 is 12.0 Å². The van der Waals surface area contributed by atoms with Crippen molar-refractivity contribution in [2.24, 2.45) is 0 Å². The Bertz CT molecular complexity index is 975. The van der Waals surface area contributed by atoms with E-state index in [1.165, 1.54) is 4.90 Å². The zero-order chi connectivity index (χ0) is 21.0. The number of hydrogen-bond donors (Lipinski definition) is 1. The third-order valence-electron chi connectivity index (χ3n) is 4.28. The molecule has 1 atom stereocenters. The minimum Gasteiger partial charge on any atom is -0.489 e. The van der Waals surface area contributed by atoms with E-state index in [2.05, 4.69) is 0 Å². The highest BCUT2D eigenvalue weighted by atomic mass is 35.5. The van der Waals surface area contributed by atoms with Gasteiger partial charge in [0.25, 0.3) is 5.91 Å². The Morgan fingerprint density at radius 2 is 2.03 bits per heavy atom. The van der Waals surface area contributed by atoms with Crippen molar-refractivity contribution >= 4 is 57.9 Å². The molecule has 8 heteroatoms. The van der Waals surface area contributed by atoms with Crippen molar-refractivity contribution in [2.75, 3.05) is 0 Å². The maximum Gasteiger partial charge on any atom is 0.326 e. The summed E-state index contributed by atoms with van der Waals surface area (Å²) in [5.74, 6) is -0.800. The van der Waals surface area contributed by atoms with Gasteiger partial charge in [-0.2, -0.15) is 0 Å². The molecule has 0 bridgehead atoms. The molecule has 3 rings (SSSR count). The van der Waals surface area contributed by atoms with Crippen LogP contribution in [0.1, 0.15) is 24.5 Å². The number of halogens is 1. The van der Waals surface area contributed by atoms with Gasteiger partial charge in [0, 0.05) is 5.02 Å². The highest BCUT2D eigenvalue weighted by Gasteiger charge is 2.39. The number of carboxylic acid groups (broad SMARTS) is 1. The predicted octanol–water partition coefficient (Wildman–Crippen LogP) is 4.98. The first-order valence-electron chi connectivity index (χ1n) is 8.86. The fourth-order valence-corrected chi connectivity index (χ4v) is 4.29. The van der Waals surface area contributed by atoms with Crippen molar-refractivity contribution in [1.82, 2.24) is 4.90 Å². The Morgan fingerprint density at radius 1 is 1.31 bits per heavy atom. The van der Waals surface area contributed by atoms with Gasteiger partial charge in [-0.25, -0.2) is 4.79 Å². The fraction of sp³-hybridized carbons (Fsp3) is 0.190. The van der Waals surface area contributed by atoms with Gasteiger partial charge in [-0.05, 0) is 47.9 Å². The molecule has 0 aromatic heterocycles. The summed E-state index contributed by atoms with van der Waals surface area (Å²) >= 11 is 12.2. The van der Waals surface area contributed by atoms with E-state index in [-0.39, 0.29) is 16.6 Å². The first-order chi connectivity index (χ1) is 13.9. The monoisotopic (exact) mass is 447 g/mol. The third kappa shape index (κ3) is 5.18. The van der Waals surface area contributed by atoms with Gasteiger partial charge in [0.2, 0.25) is 0 Å². The topological polar surface area (TPSA) is 66.8 Å². The van der Waals surface area contributed by atoms with E-state index in [0.717, 1.165) is 22.9 Å². The standard InChI is InChI=1S/C21H18ClNO4S2/c1-2-17(20(25)26)23-19(24)18(29-21(23)28)11-14-4-3-5-16(10-14)27-12-13-6-8-15(22)9-7-13/h3-11,17H,2,12H2,1H3,(H,25,26)/b18-11-/t17-/m1/s1. The van der Waals surface area contributed by atoms with Gasteiger partial charge in [0.05, 0.1) is 4.91 Å². The van der Waals surface area contributed by atoms with Crippen LogP contribution in [0.2, 0.25) is 5.02 Å². The molecule has 1 aliphatic rings. The first-order valence-corrected chi connectivity index (χ1v) is 10.5. The molecule has 1 heterocycles. The predicted molar refractivity (Wildman–Crippen MR) is 119 cm³/mol. The zero-order valence-electron chi connectivity index (χ0n) is 15.5. The van der Waals surface area contributed by atoms with Crippen molar-refractivity contribution < 1.29 is 19.4 Å². The number of carbonyl (C=O) groups excluding carboxylic acids is 1. The molecule has 1 amide bonds. The van der Waals surface area contributed by atoms with Gasteiger partial charge in [0.1, 0.15) is 22.7 Å². The Labute approximate surface area is 183 Å². The SMILES string of the molecule is CC[C@H](C(=O)O)N1C(=O)/C(=C/c2cccc(OCc3ccc(Cl)cc3)c2)SC1=S. The number of thiocarbonyl (C=S) groups is 1. The summed E-state index contributed by atoms with van der Waals surface area (Å²) in [6.45, 7) is 2.10. The summed E-state index contributed by atoms with van der Waals surface area (Å²) in [5, 5.41) is 10.0. The Morgan fingerprint density at radius 3 is 2.69 bits per heavy atom. The van der Waals surface area contributed by atoms with Crippen LogP contribution in [0.25, 0.3) is 6.08 Å². The van der Waals surface area contributed by atoms with E-state index >= 15 is 0 Å². The van der Waals surface area contributed by atoms with Crippen molar-refractivity contribution in [1.29, 1.82) is 0 Å². The molecule has 29 heavy (non-hydrogen) atoms. The zero-order valence-corrected chi connectivity index (χ0v) is 17.9.